The number of amides is 1. The lowest BCUT2D eigenvalue weighted by atomic mass is 10.4. The molecule has 0 aromatic carbocycles. The van der Waals surface area contributed by atoms with E-state index in [0.717, 1.165) is 12.2 Å². The number of rotatable bonds is 8. The summed E-state index contributed by atoms with van der Waals surface area (Å²) in [5, 5.41) is 2.79. The Morgan fingerprint density at radius 1 is 1.69 bits per heavy atom. The average molecular weight is 203 g/mol. The maximum Gasteiger partial charge on any atom is 0.230 e. The van der Waals surface area contributed by atoms with E-state index >= 15 is 0 Å². The summed E-state index contributed by atoms with van der Waals surface area (Å²) < 4.78 is 4.86. The highest BCUT2D eigenvalue weighted by Gasteiger charge is 1.98. The summed E-state index contributed by atoms with van der Waals surface area (Å²) in [6.07, 6.45) is 2.62. The first kappa shape index (κ1) is 12.5. The van der Waals surface area contributed by atoms with Gasteiger partial charge < -0.3 is 10.1 Å². The number of ether oxygens (including phenoxy) is 1. The van der Waals surface area contributed by atoms with E-state index in [1.54, 1.807) is 24.9 Å². The first-order valence-corrected chi connectivity index (χ1v) is 5.41. The van der Waals surface area contributed by atoms with Gasteiger partial charge in [0, 0.05) is 19.4 Å². The maximum absolute atomic E-state index is 11.1. The molecule has 0 spiro atoms. The van der Waals surface area contributed by atoms with Gasteiger partial charge in [0.2, 0.25) is 5.91 Å². The minimum absolute atomic E-state index is 0.0861. The number of methoxy groups -OCH3 is 1. The zero-order valence-electron chi connectivity index (χ0n) is 8.04. The van der Waals surface area contributed by atoms with Crippen molar-refractivity contribution in [2.75, 3.05) is 31.8 Å². The SMILES string of the molecule is C=CCCNC(=O)CSCCOC. The van der Waals surface area contributed by atoms with E-state index in [1.807, 2.05) is 0 Å². The molecule has 4 heteroatoms. The molecule has 1 N–H and O–H groups in total. The maximum atomic E-state index is 11.1. The molecule has 3 nitrogen and oxygen atoms in total. The van der Waals surface area contributed by atoms with Crippen molar-refractivity contribution >= 4 is 17.7 Å². The minimum Gasteiger partial charge on any atom is -0.384 e. The summed E-state index contributed by atoms with van der Waals surface area (Å²) in [5.74, 6) is 1.47. The van der Waals surface area contributed by atoms with E-state index < -0.39 is 0 Å². The van der Waals surface area contributed by atoms with Crippen molar-refractivity contribution in [1.29, 1.82) is 0 Å². The van der Waals surface area contributed by atoms with Crippen LogP contribution in [-0.2, 0) is 9.53 Å². The van der Waals surface area contributed by atoms with Gasteiger partial charge in [-0.1, -0.05) is 6.08 Å². The van der Waals surface area contributed by atoms with Gasteiger partial charge in [-0.25, -0.2) is 0 Å². The molecule has 0 rings (SSSR count). The van der Waals surface area contributed by atoms with Gasteiger partial charge in [0.05, 0.1) is 12.4 Å². The number of nitrogens with one attached hydrogen (secondary N) is 1. The van der Waals surface area contributed by atoms with E-state index in [-0.39, 0.29) is 5.91 Å². The Morgan fingerprint density at radius 2 is 2.46 bits per heavy atom. The molecule has 76 valence electrons. The number of thioether (sulfide) groups is 1. The molecular weight excluding hydrogens is 186 g/mol. The van der Waals surface area contributed by atoms with Crippen molar-refractivity contribution < 1.29 is 9.53 Å². The second kappa shape index (κ2) is 9.61. The van der Waals surface area contributed by atoms with Crippen molar-refractivity contribution in [3.8, 4) is 0 Å². The zero-order chi connectivity index (χ0) is 9.94. The summed E-state index contributed by atoms with van der Waals surface area (Å²) in [4.78, 5) is 11.1. The van der Waals surface area contributed by atoms with Crippen LogP contribution < -0.4 is 5.32 Å². The first-order valence-electron chi connectivity index (χ1n) is 4.25. The van der Waals surface area contributed by atoms with Crippen molar-refractivity contribution in [3.05, 3.63) is 12.7 Å². The number of hydrogen-bond acceptors (Lipinski definition) is 3. The van der Waals surface area contributed by atoms with E-state index in [0.29, 0.717) is 18.9 Å². The monoisotopic (exact) mass is 203 g/mol. The van der Waals surface area contributed by atoms with Gasteiger partial charge in [-0.2, -0.15) is 0 Å². The highest BCUT2D eigenvalue weighted by atomic mass is 32.2. The standard InChI is InChI=1S/C9H17NO2S/c1-3-4-5-10-9(11)8-13-7-6-12-2/h3H,1,4-8H2,2H3,(H,10,11). The Hall–Kier alpha value is -0.480. The number of hydrogen-bond donors (Lipinski definition) is 1. The molecule has 0 atom stereocenters. The third-order valence-electron chi connectivity index (χ3n) is 1.34. The smallest absolute Gasteiger partial charge is 0.230 e. The van der Waals surface area contributed by atoms with Gasteiger partial charge in [0.15, 0.2) is 0 Å². The van der Waals surface area contributed by atoms with Crippen molar-refractivity contribution in [3.63, 3.8) is 0 Å². The molecule has 13 heavy (non-hydrogen) atoms. The van der Waals surface area contributed by atoms with Gasteiger partial charge >= 0.3 is 0 Å². The van der Waals surface area contributed by atoms with Crippen LogP contribution in [0.5, 0.6) is 0 Å². The topological polar surface area (TPSA) is 38.3 Å². The van der Waals surface area contributed by atoms with E-state index in [2.05, 4.69) is 11.9 Å². The Balaban J connectivity index is 3.15. The zero-order valence-corrected chi connectivity index (χ0v) is 8.86. The fourth-order valence-corrected chi connectivity index (χ4v) is 1.39. The molecule has 0 fully saturated rings. The summed E-state index contributed by atoms with van der Waals surface area (Å²) in [5.41, 5.74) is 0. The third kappa shape index (κ3) is 9.43. The second-order valence-corrected chi connectivity index (χ2v) is 3.58. The Morgan fingerprint density at radius 3 is 3.08 bits per heavy atom. The molecule has 0 aliphatic carbocycles. The second-order valence-electron chi connectivity index (χ2n) is 2.47. The van der Waals surface area contributed by atoms with Gasteiger partial charge in [-0.05, 0) is 6.42 Å². The van der Waals surface area contributed by atoms with Gasteiger partial charge in [0.25, 0.3) is 0 Å². The largest absolute Gasteiger partial charge is 0.384 e. The fourth-order valence-electron chi connectivity index (χ4n) is 0.672. The summed E-state index contributed by atoms with van der Waals surface area (Å²) in [7, 11) is 1.66. The molecule has 0 radical (unpaired) electrons. The highest BCUT2D eigenvalue weighted by molar-refractivity contribution is 7.99. The Labute approximate surface area is 83.9 Å². The molecule has 0 unspecified atom stereocenters. The van der Waals surface area contributed by atoms with Crippen LogP contribution >= 0.6 is 11.8 Å². The molecule has 0 aliphatic rings. The molecule has 0 heterocycles. The molecule has 0 aromatic heterocycles. The van der Waals surface area contributed by atoms with Crippen molar-refractivity contribution in [2.45, 2.75) is 6.42 Å². The minimum atomic E-state index is 0.0861. The third-order valence-corrected chi connectivity index (χ3v) is 2.26. The van der Waals surface area contributed by atoms with Crippen LogP contribution in [-0.4, -0.2) is 37.7 Å². The first-order chi connectivity index (χ1) is 6.31. The number of carbonyl (C=O) groups is 1. The van der Waals surface area contributed by atoms with Crippen LogP contribution in [0.15, 0.2) is 12.7 Å². The lowest BCUT2D eigenvalue weighted by Gasteiger charge is -2.02. The molecular formula is C9H17NO2S. The van der Waals surface area contributed by atoms with E-state index in [4.69, 9.17) is 4.74 Å². The molecule has 0 aliphatic heterocycles. The van der Waals surface area contributed by atoms with Gasteiger partial charge in [0.1, 0.15) is 0 Å². The van der Waals surface area contributed by atoms with Crippen molar-refractivity contribution in [2.24, 2.45) is 0 Å². The van der Waals surface area contributed by atoms with E-state index in [1.165, 1.54) is 0 Å². The summed E-state index contributed by atoms with van der Waals surface area (Å²) in [6, 6.07) is 0. The van der Waals surface area contributed by atoms with Gasteiger partial charge in [-0.15, -0.1) is 18.3 Å². The van der Waals surface area contributed by atoms with Crippen LogP contribution in [0.2, 0.25) is 0 Å². The van der Waals surface area contributed by atoms with E-state index in [9.17, 15) is 4.79 Å². The molecule has 0 saturated heterocycles. The van der Waals surface area contributed by atoms with Crippen LogP contribution in [0.4, 0.5) is 0 Å². The predicted molar refractivity (Wildman–Crippen MR) is 57.0 cm³/mol. The van der Waals surface area contributed by atoms with Crippen LogP contribution in [0.1, 0.15) is 6.42 Å². The summed E-state index contributed by atoms with van der Waals surface area (Å²) in [6.45, 7) is 4.96. The van der Waals surface area contributed by atoms with Gasteiger partial charge in [-0.3, -0.25) is 4.79 Å². The van der Waals surface area contributed by atoms with Crippen molar-refractivity contribution in [1.82, 2.24) is 5.32 Å². The molecule has 1 amide bonds. The Kier molecular flexibility index (Phi) is 9.25. The predicted octanol–water partition coefficient (Wildman–Crippen LogP) is 1.06. The molecule has 0 bridgehead atoms. The fraction of sp³-hybridized carbons (Fsp3) is 0.667. The van der Waals surface area contributed by atoms with Crippen LogP contribution in [0.25, 0.3) is 0 Å². The summed E-state index contributed by atoms with van der Waals surface area (Å²) >= 11 is 1.58. The molecule has 0 aromatic rings. The van der Waals surface area contributed by atoms with Crippen LogP contribution in [0.3, 0.4) is 0 Å². The average Bonchev–Trinajstić information content (AvgIpc) is 2.13. The Bertz CT molecular complexity index is 151. The normalized spacial score (nSPS) is 9.62. The van der Waals surface area contributed by atoms with Crippen LogP contribution in [0, 0.1) is 0 Å². The highest BCUT2D eigenvalue weighted by Crippen LogP contribution is 1.97. The lowest BCUT2D eigenvalue weighted by Crippen LogP contribution is -2.26. The quantitative estimate of drug-likeness (QED) is 0.473. The lowest BCUT2D eigenvalue weighted by molar-refractivity contribution is -0.118. The number of carbonyl (C=O) groups excluding carboxylic acids is 1. The molecule has 0 saturated carbocycles.